The fourth-order valence-corrected chi connectivity index (χ4v) is 3.33. The highest BCUT2D eigenvalue weighted by Gasteiger charge is 2.27. The molecule has 1 unspecified atom stereocenters. The lowest BCUT2D eigenvalue weighted by Crippen LogP contribution is -2.52. The van der Waals surface area contributed by atoms with Crippen LogP contribution in [0.5, 0.6) is 0 Å². The number of carbonyl (C=O) groups excluding carboxylic acids is 1. The van der Waals surface area contributed by atoms with Gasteiger partial charge in [0, 0.05) is 38.5 Å². The molecule has 1 aromatic rings. The van der Waals surface area contributed by atoms with Crippen LogP contribution in [0, 0.1) is 5.92 Å². The summed E-state index contributed by atoms with van der Waals surface area (Å²) in [6.45, 7) is 8.71. The molecule has 1 N–H and O–H groups in total. The molecule has 1 fully saturated rings. The number of hydrogen-bond donors (Lipinski definition) is 1. The first-order valence-electron chi connectivity index (χ1n) is 8.85. The van der Waals surface area contributed by atoms with Crippen LogP contribution in [0.15, 0.2) is 22.8 Å². The zero-order chi connectivity index (χ0) is 16.5. The summed E-state index contributed by atoms with van der Waals surface area (Å²) in [5, 5.41) is 3.13. The first kappa shape index (κ1) is 18.0. The molecule has 0 radical (unpaired) electrons. The van der Waals surface area contributed by atoms with Crippen molar-refractivity contribution in [2.45, 2.75) is 45.6 Å². The summed E-state index contributed by atoms with van der Waals surface area (Å²) >= 11 is 0. The summed E-state index contributed by atoms with van der Waals surface area (Å²) in [4.78, 5) is 14.6. The number of morpholine rings is 1. The number of ether oxygens (including phenoxy) is 1. The Labute approximate surface area is 139 Å². The number of nitrogens with zero attached hydrogens (tertiary/aromatic N) is 1. The first-order valence-corrected chi connectivity index (χ1v) is 8.85. The lowest BCUT2D eigenvalue weighted by atomic mass is 9.92. The van der Waals surface area contributed by atoms with Crippen LogP contribution in [0.1, 0.15) is 38.9 Å². The maximum atomic E-state index is 12.1. The molecule has 0 spiro atoms. The number of amides is 1. The Hall–Kier alpha value is -1.33. The summed E-state index contributed by atoms with van der Waals surface area (Å²) in [6, 6.07) is 4.17. The molecule has 2 rings (SSSR count). The van der Waals surface area contributed by atoms with Crippen molar-refractivity contribution >= 4 is 5.91 Å². The van der Waals surface area contributed by atoms with Crippen LogP contribution in [0.4, 0.5) is 0 Å². The molecular formula is C18H30N2O3. The highest BCUT2D eigenvalue weighted by atomic mass is 16.5. The molecule has 0 saturated carbocycles. The summed E-state index contributed by atoms with van der Waals surface area (Å²) < 4.78 is 10.7. The van der Waals surface area contributed by atoms with E-state index in [0.29, 0.717) is 24.8 Å². The molecule has 1 aliphatic rings. The minimum absolute atomic E-state index is 0.102. The van der Waals surface area contributed by atoms with Gasteiger partial charge in [-0.05, 0) is 18.1 Å². The van der Waals surface area contributed by atoms with Gasteiger partial charge in [0.15, 0.2) is 0 Å². The van der Waals surface area contributed by atoms with Gasteiger partial charge in [-0.1, -0.05) is 26.7 Å². The van der Waals surface area contributed by atoms with E-state index in [0.717, 1.165) is 51.4 Å². The van der Waals surface area contributed by atoms with Gasteiger partial charge in [-0.25, -0.2) is 0 Å². The molecule has 130 valence electrons. The van der Waals surface area contributed by atoms with Gasteiger partial charge in [-0.2, -0.15) is 0 Å². The molecule has 0 bridgehead atoms. The van der Waals surface area contributed by atoms with E-state index < -0.39 is 0 Å². The summed E-state index contributed by atoms with van der Waals surface area (Å²) in [6.07, 6.45) is 5.06. The van der Waals surface area contributed by atoms with Gasteiger partial charge in [0.25, 0.3) is 0 Å². The number of aryl methyl sites for hydroxylation is 1. The predicted molar refractivity (Wildman–Crippen MR) is 90.3 cm³/mol. The quantitative estimate of drug-likeness (QED) is 0.759. The van der Waals surface area contributed by atoms with Crippen LogP contribution in [-0.4, -0.2) is 49.7 Å². The zero-order valence-electron chi connectivity index (χ0n) is 14.4. The van der Waals surface area contributed by atoms with Gasteiger partial charge in [0.1, 0.15) is 5.76 Å². The van der Waals surface area contributed by atoms with Crippen LogP contribution >= 0.6 is 0 Å². The average molecular weight is 322 g/mol. The topological polar surface area (TPSA) is 54.7 Å². The lowest BCUT2D eigenvalue weighted by molar-refractivity contribution is -0.121. The molecule has 5 nitrogen and oxygen atoms in total. The van der Waals surface area contributed by atoms with Crippen LogP contribution < -0.4 is 5.32 Å². The third kappa shape index (κ3) is 5.66. The minimum atomic E-state index is 0.102. The Morgan fingerprint density at radius 3 is 2.65 bits per heavy atom. The van der Waals surface area contributed by atoms with Crippen molar-refractivity contribution in [2.24, 2.45) is 5.92 Å². The number of carbonyl (C=O) groups is 1. The molecule has 1 saturated heterocycles. The minimum Gasteiger partial charge on any atom is -0.469 e. The number of rotatable bonds is 9. The molecule has 1 aromatic heterocycles. The lowest BCUT2D eigenvalue weighted by Gasteiger charge is -2.38. The summed E-state index contributed by atoms with van der Waals surface area (Å²) in [5.41, 5.74) is 0. The smallest absolute Gasteiger partial charge is 0.220 e. The Kier molecular flexibility index (Phi) is 7.62. The van der Waals surface area contributed by atoms with Gasteiger partial charge >= 0.3 is 0 Å². The Morgan fingerprint density at radius 1 is 1.30 bits per heavy atom. The largest absolute Gasteiger partial charge is 0.469 e. The van der Waals surface area contributed by atoms with Crippen LogP contribution in [0.2, 0.25) is 0 Å². The van der Waals surface area contributed by atoms with Crippen LogP contribution in [0.3, 0.4) is 0 Å². The van der Waals surface area contributed by atoms with Crippen molar-refractivity contribution in [3.05, 3.63) is 24.2 Å². The highest BCUT2D eigenvalue weighted by Crippen LogP contribution is 2.19. The van der Waals surface area contributed by atoms with Gasteiger partial charge in [0.05, 0.1) is 19.5 Å². The van der Waals surface area contributed by atoms with Crippen molar-refractivity contribution in [1.29, 1.82) is 0 Å². The maximum absolute atomic E-state index is 12.1. The Morgan fingerprint density at radius 2 is 2.04 bits per heavy atom. The molecule has 1 atom stereocenters. The second-order valence-electron chi connectivity index (χ2n) is 6.18. The number of hydrogen-bond acceptors (Lipinski definition) is 4. The van der Waals surface area contributed by atoms with E-state index in [1.165, 1.54) is 0 Å². The standard InChI is InChI=1S/C18H30N2O3/c1-3-15(4-2)17(20-9-12-22-13-10-20)14-19-18(21)8-7-16-6-5-11-23-16/h5-6,11,15,17H,3-4,7-10,12-14H2,1-2H3,(H,19,21). The summed E-state index contributed by atoms with van der Waals surface area (Å²) in [7, 11) is 0. The second kappa shape index (κ2) is 9.73. The average Bonchev–Trinajstić information content (AvgIpc) is 3.11. The van der Waals surface area contributed by atoms with Crippen LogP contribution in [-0.2, 0) is 16.0 Å². The van der Waals surface area contributed by atoms with Gasteiger partial charge in [-0.3, -0.25) is 9.69 Å². The van der Waals surface area contributed by atoms with E-state index in [1.807, 2.05) is 12.1 Å². The molecule has 1 aliphatic heterocycles. The van der Waals surface area contributed by atoms with E-state index in [-0.39, 0.29) is 5.91 Å². The van der Waals surface area contributed by atoms with Crippen LogP contribution in [0.25, 0.3) is 0 Å². The number of furan rings is 1. The van der Waals surface area contributed by atoms with E-state index in [1.54, 1.807) is 6.26 Å². The Bertz CT molecular complexity index is 437. The van der Waals surface area contributed by atoms with Crippen molar-refractivity contribution in [3.8, 4) is 0 Å². The van der Waals surface area contributed by atoms with Crippen molar-refractivity contribution < 1.29 is 13.9 Å². The summed E-state index contributed by atoms with van der Waals surface area (Å²) in [5.74, 6) is 1.58. The van der Waals surface area contributed by atoms with Crippen molar-refractivity contribution in [1.82, 2.24) is 10.2 Å². The fourth-order valence-electron chi connectivity index (χ4n) is 3.33. The van der Waals surface area contributed by atoms with E-state index >= 15 is 0 Å². The molecule has 5 heteroatoms. The molecule has 0 aromatic carbocycles. The molecule has 1 amide bonds. The molecule has 0 aliphatic carbocycles. The van der Waals surface area contributed by atoms with E-state index in [2.05, 4.69) is 24.1 Å². The molecular weight excluding hydrogens is 292 g/mol. The first-order chi connectivity index (χ1) is 11.2. The normalized spacial score (nSPS) is 17.3. The predicted octanol–water partition coefficient (Wildman–Crippen LogP) is 2.47. The Balaban J connectivity index is 1.82. The van der Waals surface area contributed by atoms with Gasteiger partial charge < -0.3 is 14.5 Å². The number of nitrogens with one attached hydrogen (secondary N) is 1. The van der Waals surface area contributed by atoms with E-state index in [9.17, 15) is 4.79 Å². The van der Waals surface area contributed by atoms with E-state index in [4.69, 9.17) is 9.15 Å². The molecule has 2 heterocycles. The SMILES string of the molecule is CCC(CC)C(CNC(=O)CCc1ccco1)N1CCOCC1. The zero-order valence-corrected chi connectivity index (χ0v) is 14.4. The van der Waals surface area contributed by atoms with Gasteiger partial charge in [-0.15, -0.1) is 0 Å². The van der Waals surface area contributed by atoms with Crippen molar-refractivity contribution in [3.63, 3.8) is 0 Å². The highest BCUT2D eigenvalue weighted by molar-refractivity contribution is 5.76. The van der Waals surface area contributed by atoms with Gasteiger partial charge in [0.2, 0.25) is 5.91 Å². The third-order valence-electron chi connectivity index (χ3n) is 4.79. The second-order valence-corrected chi connectivity index (χ2v) is 6.18. The molecule has 23 heavy (non-hydrogen) atoms. The fraction of sp³-hybridized carbons (Fsp3) is 0.722. The maximum Gasteiger partial charge on any atom is 0.220 e. The third-order valence-corrected chi connectivity index (χ3v) is 4.79. The monoisotopic (exact) mass is 322 g/mol. The van der Waals surface area contributed by atoms with Crippen molar-refractivity contribution in [2.75, 3.05) is 32.8 Å².